The highest BCUT2D eigenvalue weighted by Gasteiger charge is 2.18. The van der Waals surface area contributed by atoms with Crippen LogP contribution in [0.4, 0.5) is 0 Å². The third-order valence-electron chi connectivity index (χ3n) is 1.56. The molecule has 0 radical (unpaired) electrons. The summed E-state index contributed by atoms with van der Waals surface area (Å²) < 4.78 is 25.5. The van der Waals surface area contributed by atoms with Gasteiger partial charge in [-0.1, -0.05) is 23.2 Å². The third-order valence-corrected chi connectivity index (χ3v) is 4.90. The first-order valence-electron chi connectivity index (χ1n) is 3.47. The van der Waals surface area contributed by atoms with E-state index >= 15 is 0 Å². The zero-order chi connectivity index (χ0) is 10.9. The molecule has 78 valence electrons. The Hall–Kier alpha value is 0.190. The summed E-state index contributed by atoms with van der Waals surface area (Å²) in [6, 6.07) is 2.91. The van der Waals surface area contributed by atoms with E-state index in [9.17, 15) is 8.42 Å². The Labute approximate surface area is 101 Å². The number of rotatable bonds is 2. The molecule has 0 amide bonds. The van der Waals surface area contributed by atoms with Crippen LogP contribution in [0.2, 0.25) is 10.0 Å². The molecule has 0 unspecified atom stereocenters. The van der Waals surface area contributed by atoms with Crippen LogP contribution in [0, 0.1) is 0 Å². The number of hydrogen-bond acceptors (Lipinski definition) is 2. The van der Waals surface area contributed by atoms with Crippen molar-refractivity contribution in [2.24, 2.45) is 0 Å². The third kappa shape index (κ3) is 2.23. The van der Waals surface area contributed by atoms with Gasteiger partial charge in [-0.15, -0.1) is 0 Å². The lowest BCUT2D eigenvalue weighted by Gasteiger charge is -2.06. The predicted molar refractivity (Wildman–Crippen MR) is 60.4 cm³/mol. The van der Waals surface area contributed by atoms with E-state index < -0.39 is 10.0 Å². The summed E-state index contributed by atoms with van der Waals surface area (Å²) in [5, 5.41) is 0.193. The SMILES string of the molecule is CNS(=O)(=O)c1ccc(Br)c(Cl)c1Cl. The van der Waals surface area contributed by atoms with E-state index in [1.807, 2.05) is 0 Å². The molecule has 1 N–H and O–H groups in total. The molecule has 0 bridgehead atoms. The van der Waals surface area contributed by atoms with Gasteiger partial charge in [-0.25, -0.2) is 13.1 Å². The van der Waals surface area contributed by atoms with E-state index in [0.717, 1.165) is 0 Å². The van der Waals surface area contributed by atoms with Gasteiger partial charge in [-0.3, -0.25) is 0 Å². The van der Waals surface area contributed by atoms with Crippen LogP contribution in [0.3, 0.4) is 0 Å². The topological polar surface area (TPSA) is 46.2 Å². The number of sulfonamides is 1. The Balaban J connectivity index is 3.47. The maximum atomic E-state index is 11.4. The molecule has 0 aliphatic heterocycles. The van der Waals surface area contributed by atoms with Gasteiger partial charge in [0, 0.05) is 4.47 Å². The van der Waals surface area contributed by atoms with Gasteiger partial charge in [0.2, 0.25) is 10.0 Å². The molecule has 1 rings (SSSR count). The zero-order valence-electron chi connectivity index (χ0n) is 7.01. The average molecular weight is 319 g/mol. The van der Waals surface area contributed by atoms with Crippen molar-refractivity contribution in [2.75, 3.05) is 7.05 Å². The van der Waals surface area contributed by atoms with Gasteiger partial charge in [0.25, 0.3) is 0 Å². The summed E-state index contributed by atoms with van der Waals surface area (Å²) in [6.07, 6.45) is 0. The van der Waals surface area contributed by atoms with E-state index in [4.69, 9.17) is 23.2 Å². The highest BCUT2D eigenvalue weighted by Crippen LogP contribution is 2.34. The molecular formula is C7H6BrCl2NO2S. The molecule has 0 saturated carbocycles. The van der Waals surface area contributed by atoms with E-state index in [2.05, 4.69) is 20.7 Å². The molecule has 0 aromatic heterocycles. The maximum Gasteiger partial charge on any atom is 0.241 e. The van der Waals surface area contributed by atoms with Gasteiger partial charge in [0.05, 0.1) is 10.0 Å². The second-order valence-electron chi connectivity index (χ2n) is 2.38. The average Bonchev–Trinajstić information content (AvgIpc) is 2.14. The van der Waals surface area contributed by atoms with Crippen LogP contribution in [-0.4, -0.2) is 15.5 Å². The number of nitrogens with one attached hydrogen (secondary N) is 1. The maximum absolute atomic E-state index is 11.4. The van der Waals surface area contributed by atoms with Gasteiger partial charge < -0.3 is 0 Å². The first kappa shape index (κ1) is 12.3. The van der Waals surface area contributed by atoms with Gasteiger partial charge in [-0.2, -0.15) is 0 Å². The molecule has 14 heavy (non-hydrogen) atoms. The predicted octanol–water partition coefficient (Wildman–Crippen LogP) is 2.66. The Morgan fingerprint density at radius 1 is 1.29 bits per heavy atom. The highest BCUT2D eigenvalue weighted by atomic mass is 79.9. The quantitative estimate of drug-likeness (QED) is 0.852. The Morgan fingerprint density at radius 2 is 1.86 bits per heavy atom. The molecule has 1 aromatic rings. The van der Waals surface area contributed by atoms with Crippen LogP contribution >= 0.6 is 39.1 Å². The molecule has 0 saturated heterocycles. The fourth-order valence-electron chi connectivity index (χ4n) is 0.826. The van der Waals surface area contributed by atoms with E-state index in [-0.39, 0.29) is 14.9 Å². The molecule has 0 fully saturated rings. The van der Waals surface area contributed by atoms with Crippen LogP contribution in [0.25, 0.3) is 0 Å². The van der Waals surface area contributed by atoms with Crippen molar-refractivity contribution < 1.29 is 8.42 Å². The zero-order valence-corrected chi connectivity index (χ0v) is 10.9. The van der Waals surface area contributed by atoms with Crippen LogP contribution < -0.4 is 4.72 Å². The largest absolute Gasteiger partial charge is 0.241 e. The first-order chi connectivity index (χ1) is 6.40. The minimum atomic E-state index is -3.56. The molecule has 0 atom stereocenters. The van der Waals surface area contributed by atoms with Crippen LogP contribution in [0.5, 0.6) is 0 Å². The molecule has 0 aliphatic rings. The van der Waals surface area contributed by atoms with Crippen LogP contribution in [0.1, 0.15) is 0 Å². The Bertz CT molecular complexity index is 461. The molecular weight excluding hydrogens is 313 g/mol. The lowest BCUT2D eigenvalue weighted by Crippen LogP contribution is -2.19. The highest BCUT2D eigenvalue weighted by molar-refractivity contribution is 9.10. The van der Waals surface area contributed by atoms with Crippen LogP contribution in [0.15, 0.2) is 21.5 Å². The van der Waals surface area contributed by atoms with Crippen molar-refractivity contribution >= 4 is 49.2 Å². The summed E-state index contributed by atoms with van der Waals surface area (Å²) in [6.45, 7) is 0. The van der Waals surface area contributed by atoms with Gasteiger partial charge in [0.15, 0.2) is 0 Å². The lowest BCUT2D eigenvalue weighted by molar-refractivity contribution is 0.588. The molecule has 0 aliphatic carbocycles. The van der Waals surface area contributed by atoms with E-state index in [1.165, 1.54) is 19.2 Å². The minimum absolute atomic E-state index is 0.00962. The second-order valence-corrected chi connectivity index (χ2v) is 5.85. The van der Waals surface area contributed by atoms with Crippen molar-refractivity contribution in [3.8, 4) is 0 Å². The van der Waals surface area contributed by atoms with Crippen molar-refractivity contribution in [3.05, 3.63) is 26.7 Å². The number of hydrogen-bond donors (Lipinski definition) is 1. The normalized spacial score (nSPS) is 11.7. The van der Waals surface area contributed by atoms with E-state index in [0.29, 0.717) is 4.47 Å². The van der Waals surface area contributed by atoms with Gasteiger partial charge in [-0.05, 0) is 35.1 Å². The monoisotopic (exact) mass is 317 g/mol. The van der Waals surface area contributed by atoms with Crippen molar-refractivity contribution in [1.29, 1.82) is 0 Å². The molecule has 0 spiro atoms. The first-order valence-corrected chi connectivity index (χ1v) is 6.50. The fraction of sp³-hybridized carbons (Fsp3) is 0.143. The van der Waals surface area contributed by atoms with Crippen molar-refractivity contribution in [2.45, 2.75) is 4.90 Å². The second kappa shape index (κ2) is 4.37. The minimum Gasteiger partial charge on any atom is -0.214 e. The van der Waals surface area contributed by atoms with Crippen molar-refractivity contribution in [3.63, 3.8) is 0 Å². The standard InChI is InChI=1S/C7H6BrCl2NO2S/c1-11-14(12,13)5-3-2-4(8)6(9)7(5)10/h2-3,11H,1H3. The van der Waals surface area contributed by atoms with Crippen molar-refractivity contribution in [1.82, 2.24) is 4.72 Å². The summed E-state index contributed by atoms with van der Waals surface area (Å²) in [5.41, 5.74) is 0. The number of halogens is 3. The summed E-state index contributed by atoms with van der Waals surface area (Å²) in [4.78, 5) is -0.0325. The summed E-state index contributed by atoms with van der Waals surface area (Å²) in [5.74, 6) is 0. The molecule has 3 nitrogen and oxygen atoms in total. The molecule has 7 heteroatoms. The Morgan fingerprint density at radius 3 is 2.36 bits per heavy atom. The van der Waals surface area contributed by atoms with Gasteiger partial charge in [0.1, 0.15) is 4.90 Å². The summed E-state index contributed by atoms with van der Waals surface area (Å²) in [7, 11) is -2.25. The lowest BCUT2D eigenvalue weighted by atomic mass is 10.4. The molecule has 0 heterocycles. The Kier molecular flexibility index (Phi) is 3.82. The fourth-order valence-corrected chi connectivity index (χ4v) is 2.77. The van der Waals surface area contributed by atoms with Crippen LogP contribution in [-0.2, 0) is 10.0 Å². The van der Waals surface area contributed by atoms with Gasteiger partial charge >= 0.3 is 0 Å². The smallest absolute Gasteiger partial charge is 0.214 e. The van der Waals surface area contributed by atoms with E-state index in [1.54, 1.807) is 0 Å². The molecule has 1 aromatic carbocycles. The summed E-state index contributed by atoms with van der Waals surface area (Å²) >= 11 is 14.7. The number of benzene rings is 1.